The van der Waals surface area contributed by atoms with Gasteiger partial charge >= 0.3 is 0 Å². The standard InChI is InChI=1S/C6H8O2/c7-4-3-6-2-1-5-8-6/h1-2,5,7H,3-4H2. The molecule has 0 amide bonds. The van der Waals surface area contributed by atoms with Gasteiger partial charge in [0.1, 0.15) is 5.76 Å². The highest BCUT2D eigenvalue weighted by atomic mass is 16.3. The van der Waals surface area contributed by atoms with Gasteiger partial charge < -0.3 is 9.52 Å². The van der Waals surface area contributed by atoms with Crippen LogP contribution in [-0.4, -0.2) is 11.7 Å². The van der Waals surface area contributed by atoms with E-state index in [-0.39, 0.29) is 6.61 Å². The van der Waals surface area contributed by atoms with Crippen molar-refractivity contribution in [1.82, 2.24) is 0 Å². The molecular weight excluding hydrogens is 104 g/mol. The van der Waals surface area contributed by atoms with E-state index in [0.29, 0.717) is 6.42 Å². The monoisotopic (exact) mass is 112 g/mol. The average Bonchev–Trinajstić information content (AvgIpc) is 2.19. The number of hydrogen-bond donors (Lipinski definition) is 1. The van der Waals surface area contributed by atoms with Crippen molar-refractivity contribution >= 4 is 0 Å². The summed E-state index contributed by atoms with van der Waals surface area (Å²) in [5.41, 5.74) is 0. The van der Waals surface area contributed by atoms with Gasteiger partial charge in [-0.1, -0.05) is 0 Å². The predicted molar refractivity (Wildman–Crippen MR) is 29.5 cm³/mol. The van der Waals surface area contributed by atoms with Gasteiger partial charge in [0.15, 0.2) is 0 Å². The fourth-order valence-electron chi connectivity index (χ4n) is 0.565. The highest BCUT2D eigenvalue weighted by molar-refractivity contribution is 4.97. The Morgan fingerprint density at radius 2 is 2.50 bits per heavy atom. The lowest BCUT2D eigenvalue weighted by atomic mass is 10.3. The molecule has 0 spiro atoms. The molecule has 2 nitrogen and oxygen atoms in total. The van der Waals surface area contributed by atoms with Crippen molar-refractivity contribution in [2.75, 3.05) is 6.61 Å². The maximum atomic E-state index is 8.38. The first kappa shape index (κ1) is 5.38. The Labute approximate surface area is 47.7 Å². The summed E-state index contributed by atoms with van der Waals surface area (Å²) in [5.74, 6) is 0.840. The largest absolute Gasteiger partial charge is 0.469 e. The molecule has 1 aromatic rings. The van der Waals surface area contributed by atoms with Crippen LogP contribution in [0.25, 0.3) is 0 Å². The van der Waals surface area contributed by atoms with E-state index >= 15 is 0 Å². The molecule has 0 unspecified atom stereocenters. The first-order valence-electron chi connectivity index (χ1n) is 2.56. The minimum absolute atomic E-state index is 0.160. The molecule has 0 bridgehead atoms. The zero-order chi connectivity index (χ0) is 5.82. The van der Waals surface area contributed by atoms with Gasteiger partial charge in [-0.3, -0.25) is 0 Å². The summed E-state index contributed by atoms with van der Waals surface area (Å²) in [7, 11) is 0. The second kappa shape index (κ2) is 2.52. The summed E-state index contributed by atoms with van der Waals surface area (Å²) in [6, 6.07) is 3.65. The Bertz CT molecular complexity index is 132. The predicted octanol–water partition coefficient (Wildman–Crippen LogP) is 0.814. The minimum Gasteiger partial charge on any atom is -0.469 e. The van der Waals surface area contributed by atoms with Gasteiger partial charge in [-0.25, -0.2) is 0 Å². The van der Waals surface area contributed by atoms with Crippen LogP contribution in [-0.2, 0) is 6.42 Å². The molecule has 0 saturated heterocycles. The fraction of sp³-hybridized carbons (Fsp3) is 0.333. The highest BCUT2D eigenvalue weighted by Gasteiger charge is 1.89. The van der Waals surface area contributed by atoms with Gasteiger partial charge in [0.25, 0.3) is 0 Å². The van der Waals surface area contributed by atoms with E-state index < -0.39 is 0 Å². The number of furan rings is 1. The number of hydrogen-bond acceptors (Lipinski definition) is 2. The Morgan fingerprint density at radius 3 is 3.00 bits per heavy atom. The fourth-order valence-corrected chi connectivity index (χ4v) is 0.565. The number of aliphatic hydroxyl groups excluding tert-OH is 1. The third kappa shape index (κ3) is 1.10. The first-order valence-corrected chi connectivity index (χ1v) is 2.56. The van der Waals surface area contributed by atoms with Gasteiger partial charge in [-0.05, 0) is 12.1 Å². The van der Waals surface area contributed by atoms with E-state index in [1.807, 2.05) is 12.1 Å². The maximum Gasteiger partial charge on any atom is 0.106 e. The van der Waals surface area contributed by atoms with Gasteiger partial charge in [0.2, 0.25) is 0 Å². The Balaban J connectivity index is 2.50. The quantitative estimate of drug-likeness (QED) is 0.614. The van der Waals surface area contributed by atoms with Gasteiger partial charge in [-0.2, -0.15) is 0 Å². The molecule has 44 valence electrons. The molecule has 0 saturated carbocycles. The van der Waals surface area contributed by atoms with Crippen LogP contribution in [0.4, 0.5) is 0 Å². The van der Waals surface area contributed by atoms with Crippen LogP contribution in [0.5, 0.6) is 0 Å². The van der Waals surface area contributed by atoms with Crippen LogP contribution in [0.2, 0.25) is 0 Å². The third-order valence-corrected chi connectivity index (χ3v) is 0.938. The molecule has 0 fully saturated rings. The molecule has 0 radical (unpaired) electrons. The summed E-state index contributed by atoms with van der Waals surface area (Å²) < 4.78 is 4.91. The van der Waals surface area contributed by atoms with E-state index in [4.69, 9.17) is 9.52 Å². The molecule has 1 N–H and O–H groups in total. The van der Waals surface area contributed by atoms with Gasteiger partial charge in [0, 0.05) is 6.42 Å². The van der Waals surface area contributed by atoms with Crippen LogP contribution in [0.15, 0.2) is 22.8 Å². The third-order valence-electron chi connectivity index (χ3n) is 0.938. The van der Waals surface area contributed by atoms with Crippen LogP contribution in [0, 0.1) is 0 Å². The van der Waals surface area contributed by atoms with Crippen LogP contribution in [0.1, 0.15) is 5.76 Å². The molecule has 8 heavy (non-hydrogen) atoms. The van der Waals surface area contributed by atoms with Crippen LogP contribution in [0.3, 0.4) is 0 Å². The van der Waals surface area contributed by atoms with Crippen molar-refractivity contribution in [2.24, 2.45) is 0 Å². The van der Waals surface area contributed by atoms with Crippen LogP contribution >= 0.6 is 0 Å². The second-order valence-corrected chi connectivity index (χ2v) is 1.55. The molecule has 0 aliphatic heterocycles. The SMILES string of the molecule is OCCc1ccco1. The first-order chi connectivity index (χ1) is 3.93. The van der Waals surface area contributed by atoms with Crippen molar-refractivity contribution in [2.45, 2.75) is 6.42 Å². The maximum absolute atomic E-state index is 8.38. The number of rotatable bonds is 2. The lowest BCUT2D eigenvalue weighted by molar-refractivity contribution is 0.288. The highest BCUT2D eigenvalue weighted by Crippen LogP contribution is 1.98. The van der Waals surface area contributed by atoms with E-state index in [1.54, 1.807) is 6.26 Å². The summed E-state index contributed by atoms with van der Waals surface area (Å²) >= 11 is 0. The van der Waals surface area contributed by atoms with E-state index in [9.17, 15) is 0 Å². The molecule has 0 aliphatic carbocycles. The molecule has 1 heterocycles. The summed E-state index contributed by atoms with van der Waals surface area (Å²) in [6.45, 7) is 0.160. The molecule has 0 aromatic carbocycles. The van der Waals surface area contributed by atoms with Crippen molar-refractivity contribution in [3.05, 3.63) is 24.2 Å². The summed E-state index contributed by atoms with van der Waals surface area (Å²) in [5, 5.41) is 8.38. The second-order valence-electron chi connectivity index (χ2n) is 1.55. The van der Waals surface area contributed by atoms with Crippen LogP contribution < -0.4 is 0 Å². The molecule has 0 aliphatic rings. The Hall–Kier alpha value is -0.760. The van der Waals surface area contributed by atoms with Crippen molar-refractivity contribution < 1.29 is 9.52 Å². The Morgan fingerprint density at radius 1 is 1.62 bits per heavy atom. The van der Waals surface area contributed by atoms with Gasteiger partial charge in [-0.15, -0.1) is 0 Å². The lowest BCUT2D eigenvalue weighted by Gasteiger charge is -1.85. The normalized spacial score (nSPS) is 9.62. The molecule has 1 aromatic heterocycles. The van der Waals surface area contributed by atoms with Crippen molar-refractivity contribution in [3.8, 4) is 0 Å². The molecular formula is C6H8O2. The van der Waals surface area contributed by atoms with Crippen molar-refractivity contribution in [1.29, 1.82) is 0 Å². The van der Waals surface area contributed by atoms with E-state index in [0.717, 1.165) is 5.76 Å². The molecule has 2 heteroatoms. The minimum atomic E-state index is 0.160. The van der Waals surface area contributed by atoms with E-state index in [1.165, 1.54) is 0 Å². The molecule has 1 rings (SSSR count). The average molecular weight is 112 g/mol. The number of aliphatic hydroxyl groups is 1. The van der Waals surface area contributed by atoms with E-state index in [2.05, 4.69) is 0 Å². The van der Waals surface area contributed by atoms with Crippen molar-refractivity contribution in [3.63, 3.8) is 0 Å². The smallest absolute Gasteiger partial charge is 0.106 e. The van der Waals surface area contributed by atoms with Gasteiger partial charge in [0.05, 0.1) is 12.9 Å². The zero-order valence-corrected chi connectivity index (χ0v) is 4.50. The lowest BCUT2D eigenvalue weighted by Crippen LogP contribution is -1.85. The summed E-state index contributed by atoms with van der Waals surface area (Å²) in [6.07, 6.45) is 2.22. The topological polar surface area (TPSA) is 33.4 Å². The zero-order valence-electron chi connectivity index (χ0n) is 4.50. The summed E-state index contributed by atoms with van der Waals surface area (Å²) in [4.78, 5) is 0. The Kier molecular flexibility index (Phi) is 1.70. The molecule has 0 atom stereocenters.